The summed E-state index contributed by atoms with van der Waals surface area (Å²) in [6.07, 6.45) is 0. The molecule has 0 unspecified atom stereocenters. The van der Waals surface area contributed by atoms with Crippen molar-refractivity contribution in [1.82, 2.24) is 9.97 Å². The molecular weight excluding hydrogens is 248 g/mol. The lowest BCUT2D eigenvalue weighted by Crippen LogP contribution is -1.89. The number of nitrogens with zero attached hydrogens (tertiary/aromatic N) is 2. The molecule has 0 aliphatic rings. The minimum absolute atomic E-state index is 0.779. The van der Waals surface area contributed by atoms with Crippen LogP contribution in [0, 0.1) is 0 Å². The lowest BCUT2D eigenvalue weighted by molar-refractivity contribution is 0.415. The second-order valence-electron chi connectivity index (χ2n) is 4.77. The summed E-state index contributed by atoms with van der Waals surface area (Å²) in [5, 5.41) is 3.24. The van der Waals surface area contributed by atoms with Crippen molar-refractivity contribution in [2.45, 2.75) is 0 Å². The van der Waals surface area contributed by atoms with Crippen LogP contribution in [0.25, 0.3) is 32.8 Å². The van der Waals surface area contributed by atoms with E-state index < -0.39 is 0 Å². The Bertz CT molecular complexity index is 947. The third kappa shape index (κ3) is 1.67. The monoisotopic (exact) mass is 260 g/mol. The van der Waals surface area contributed by atoms with Crippen LogP contribution in [0.1, 0.15) is 0 Å². The molecule has 0 N–H and O–H groups in total. The Kier molecular flexibility index (Phi) is 2.33. The van der Waals surface area contributed by atoms with Crippen molar-refractivity contribution in [3.8, 4) is 5.75 Å². The standard InChI is InChI=1S/C17H12N2O/c1-20-14-6-7-16-12(10-14)9-13-8-11-4-2-3-5-15(11)18-17(13)19-16/h2-10H,1H3. The van der Waals surface area contributed by atoms with Crippen molar-refractivity contribution in [2.75, 3.05) is 7.11 Å². The number of para-hydroxylation sites is 1. The molecule has 0 amide bonds. The second-order valence-corrected chi connectivity index (χ2v) is 4.77. The van der Waals surface area contributed by atoms with Gasteiger partial charge in [0.25, 0.3) is 0 Å². The van der Waals surface area contributed by atoms with Crippen LogP contribution in [0.15, 0.2) is 54.6 Å². The van der Waals surface area contributed by atoms with Crippen LogP contribution in [-0.4, -0.2) is 17.1 Å². The first kappa shape index (κ1) is 11.2. The van der Waals surface area contributed by atoms with Crippen molar-refractivity contribution in [2.24, 2.45) is 0 Å². The van der Waals surface area contributed by atoms with Crippen molar-refractivity contribution in [3.63, 3.8) is 0 Å². The third-order valence-corrected chi connectivity index (χ3v) is 3.50. The average Bonchev–Trinajstić information content (AvgIpc) is 2.50. The summed E-state index contributed by atoms with van der Waals surface area (Å²) in [6, 6.07) is 18.2. The van der Waals surface area contributed by atoms with E-state index in [1.165, 1.54) is 0 Å². The lowest BCUT2D eigenvalue weighted by atomic mass is 10.1. The molecule has 0 bridgehead atoms. The van der Waals surface area contributed by atoms with Crippen LogP contribution < -0.4 is 4.74 Å². The highest BCUT2D eigenvalue weighted by atomic mass is 16.5. The van der Waals surface area contributed by atoms with Crippen molar-refractivity contribution in [3.05, 3.63) is 54.6 Å². The van der Waals surface area contributed by atoms with Crippen LogP contribution in [0.3, 0.4) is 0 Å². The average molecular weight is 260 g/mol. The normalized spacial score (nSPS) is 11.2. The van der Waals surface area contributed by atoms with E-state index in [0.29, 0.717) is 0 Å². The van der Waals surface area contributed by atoms with E-state index in [1.807, 2.05) is 36.4 Å². The van der Waals surface area contributed by atoms with E-state index in [9.17, 15) is 0 Å². The Morgan fingerprint density at radius 3 is 2.35 bits per heavy atom. The molecule has 2 aromatic carbocycles. The SMILES string of the molecule is COc1ccc2nc3nc4ccccc4cc3cc2c1. The number of ether oxygens (including phenoxy) is 1. The zero-order chi connectivity index (χ0) is 13.5. The van der Waals surface area contributed by atoms with E-state index in [-0.39, 0.29) is 0 Å². The minimum Gasteiger partial charge on any atom is -0.497 e. The topological polar surface area (TPSA) is 35.0 Å². The number of rotatable bonds is 1. The smallest absolute Gasteiger partial charge is 0.160 e. The zero-order valence-corrected chi connectivity index (χ0v) is 11.0. The van der Waals surface area contributed by atoms with Crippen LogP contribution in [0.2, 0.25) is 0 Å². The van der Waals surface area contributed by atoms with Crippen LogP contribution in [0.4, 0.5) is 0 Å². The number of pyridine rings is 2. The Labute approximate surface area is 115 Å². The Morgan fingerprint density at radius 1 is 0.750 bits per heavy atom. The molecule has 4 rings (SSSR count). The van der Waals surface area contributed by atoms with Gasteiger partial charge in [0.1, 0.15) is 5.75 Å². The summed E-state index contributed by atoms with van der Waals surface area (Å²) in [5.41, 5.74) is 2.68. The molecular formula is C17H12N2O. The van der Waals surface area contributed by atoms with Gasteiger partial charge in [-0.25, -0.2) is 9.97 Å². The molecule has 20 heavy (non-hydrogen) atoms. The summed E-state index contributed by atoms with van der Waals surface area (Å²) in [5.74, 6) is 0.840. The van der Waals surface area contributed by atoms with E-state index in [0.717, 1.165) is 38.6 Å². The highest BCUT2D eigenvalue weighted by Crippen LogP contribution is 2.25. The highest BCUT2D eigenvalue weighted by Gasteiger charge is 2.04. The number of aromatic nitrogens is 2. The van der Waals surface area contributed by atoms with Crippen LogP contribution >= 0.6 is 0 Å². The number of methoxy groups -OCH3 is 1. The molecule has 0 saturated carbocycles. The molecule has 0 atom stereocenters. The van der Waals surface area contributed by atoms with Gasteiger partial charge in [0.15, 0.2) is 5.65 Å². The molecule has 0 spiro atoms. The Morgan fingerprint density at radius 2 is 1.50 bits per heavy atom. The Hall–Kier alpha value is -2.68. The molecule has 0 fully saturated rings. The van der Waals surface area contributed by atoms with Crippen LogP contribution in [0.5, 0.6) is 5.75 Å². The fraction of sp³-hybridized carbons (Fsp3) is 0.0588. The number of hydrogen-bond donors (Lipinski definition) is 0. The van der Waals surface area contributed by atoms with Gasteiger partial charge in [-0.15, -0.1) is 0 Å². The Balaban J connectivity index is 2.09. The fourth-order valence-corrected chi connectivity index (χ4v) is 2.48. The maximum Gasteiger partial charge on any atom is 0.160 e. The van der Waals surface area contributed by atoms with Gasteiger partial charge in [-0.05, 0) is 36.4 Å². The summed E-state index contributed by atoms with van der Waals surface area (Å²) >= 11 is 0. The summed E-state index contributed by atoms with van der Waals surface area (Å²) < 4.78 is 5.26. The molecule has 3 nitrogen and oxygen atoms in total. The fourth-order valence-electron chi connectivity index (χ4n) is 2.48. The molecule has 2 heterocycles. The van der Waals surface area contributed by atoms with E-state index in [4.69, 9.17) is 4.74 Å². The lowest BCUT2D eigenvalue weighted by Gasteiger charge is -2.05. The van der Waals surface area contributed by atoms with E-state index in [1.54, 1.807) is 7.11 Å². The van der Waals surface area contributed by atoms with Gasteiger partial charge in [-0.3, -0.25) is 0 Å². The van der Waals surface area contributed by atoms with Gasteiger partial charge in [0.05, 0.1) is 18.1 Å². The number of fused-ring (bicyclic) bond motifs is 3. The first-order chi connectivity index (χ1) is 9.83. The van der Waals surface area contributed by atoms with Gasteiger partial charge >= 0.3 is 0 Å². The zero-order valence-electron chi connectivity index (χ0n) is 11.0. The summed E-state index contributed by atoms with van der Waals surface area (Å²) in [7, 11) is 1.67. The van der Waals surface area contributed by atoms with Crippen LogP contribution in [-0.2, 0) is 0 Å². The molecule has 0 aliphatic heterocycles. The third-order valence-electron chi connectivity index (χ3n) is 3.50. The van der Waals surface area contributed by atoms with Gasteiger partial charge < -0.3 is 4.74 Å². The second kappa shape index (κ2) is 4.17. The van der Waals surface area contributed by atoms with Crippen molar-refractivity contribution >= 4 is 32.8 Å². The predicted molar refractivity (Wildman–Crippen MR) is 81.1 cm³/mol. The maximum atomic E-state index is 5.26. The molecule has 0 saturated heterocycles. The van der Waals surface area contributed by atoms with Gasteiger partial charge in [-0.2, -0.15) is 0 Å². The van der Waals surface area contributed by atoms with Gasteiger partial charge in [0.2, 0.25) is 0 Å². The summed E-state index contributed by atoms with van der Waals surface area (Å²) in [4.78, 5) is 9.26. The van der Waals surface area contributed by atoms with Crippen molar-refractivity contribution < 1.29 is 4.74 Å². The highest BCUT2D eigenvalue weighted by molar-refractivity contribution is 5.97. The van der Waals surface area contributed by atoms with Gasteiger partial charge in [-0.1, -0.05) is 18.2 Å². The summed E-state index contributed by atoms with van der Waals surface area (Å²) in [6.45, 7) is 0. The quantitative estimate of drug-likeness (QED) is 0.486. The molecule has 3 heteroatoms. The molecule has 4 aromatic rings. The van der Waals surface area contributed by atoms with E-state index >= 15 is 0 Å². The molecule has 0 aliphatic carbocycles. The minimum atomic E-state index is 0.779. The predicted octanol–water partition coefficient (Wildman–Crippen LogP) is 3.94. The largest absolute Gasteiger partial charge is 0.497 e. The first-order valence-electron chi connectivity index (χ1n) is 6.48. The van der Waals surface area contributed by atoms with Crippen molar-refractivity contribution in [1.29, 1.82) is 0 Å². The van der Waals surface area contributed by atoms with E-state index in [2.05, 4.69) is 28.2 Å². The number of benzene rings is 2. The molecule has 96 valence electrons. The van der Waals surface area contributed by atoms with Gasteiger partial charge in [0, 0.05) is 16.2 Å². The molecule has 2 aromatic heterocycles. The number of hydrogen-bond acceptors (Lipinski definition) is 3. The maximum absolute atomic E-state index is 5.26. The first-order valence-corrected chi connectivity index (χ1v) is 6.48. The molecule has 0 radical (unpaired) electrons.